The summed E-state index contributed by atoms with van der Waals surface area (Å²) in [6.07, 6.45) is -1.33. The third-order valence-electron chi connectivity index (χ3n) is 7.57. The number of fused-ring (bicyclic) bond motifs is 6. The van der Waals surface area contributed by atoms with E-state index >= 15 is 0 Å². The van der Waals surface area contributed by atoms with Crippen molar-refractivity contribution in [1.82, 2.24) is 0 Å². The molecule has 1 saturated heterocycles. The molecule has 2 aliphatic carbocycles. The van der Waals surface area contributed by atoms with E-state index in [0.717, 1.165) is 5.46 Å². The number of aromatic hydroxyl groups is 2. The van der Waals surface area contributed by atoms with E-state index in [4.69, 9.17) is 14.0 Å². The van der Waals surface area contributed by atoms with Crippen molar-refractivity contribution in [3.05, 3.63) is 88.0 Å². The second-order valence-corrected chi connectivity index (χ2v) is 9.73. The van der Waals surface area contributed by atoms with Crippen LogP contribution in [-0.4, -0.2) is 46.6 Å². The van der Waals surface area contributed by atoms with Gasteiger partial charge in [0, 0.05) is 42.0 Å². The Labute approximate surface area is 212 Å². The van der Waals surface area contributed by atoms with Crippen LogP contribution in [0.3, 0.4) is 0 Å². The highest BCUT2D eigenvalue weighted by Crippen LogP contribution is 2.54. The third-order valence-corrected chi connectivity index (χ3v) is 7.57. The molecule has 0 radical (unpaired) electrons. The van der Waals surface area contributed by atoms with Gasteiger partial charge in [-0.1, -0.05) is 54.6 Å². The van der Waals surface area contributed by atoms with Crippen molar-refractivity contribution in [1.29, 1.82) is 0 Å². The maximum absolute atomic E-state index is 13.4. The van der Waals surface area contributed by atoms with E-state index in [9.17, 15) is 24.6 Å². The van der Waals surface area contributed by atoms with Gasteiger partial charge in [0.05, 0.1) is 22.8 Å². The number of rotatable bonds is 3. The highest BCUT2D eigenvalue weighted by atomic mass is 16.6. The summed E-state index contributed by atoms with van der Waals surface area (Å²) in [4.78, 5) is 38.7. The molecule has 8 nitrogen and oxygen atoms in total. The first kappa shape index (κ1) is 23.5. The van der Waals surface area contributed by atoms with Gasteiger partial charge in [-0.05, 0) is 12.4 Å². The van der Waals surface area contributed by atoms with Gasteiger partial charge >= 0.3 is 13.1 Å². The van der Waals surface area contributed by atoms with Crippen molar-refractivity contribution in [2.45, 2.75) is 44.5 Å². The van der Waals surface area contributed by atoms with Crippen LogP contribution in [0.4, 0.5) is 0 Å². The molecular formula is C28H23BO8. The largest absolute Gasteiger partial charge is 0.507 e. The molecule has 6 rings (SSSR count). The lowest BCUT2D eigenvalue weighted by Gasteiger charge is -2.50. The maximum Gasteiger partial charge on any atom is 0.494 e. The molecule has 3 aromatic carbocycles. The fourth-order valence-electron chi connectivity index (χ4n) is 5.81. The summed E-state index contributed by atoms with van der Waals surface area (Å²) in [7, 11) is -0.859. The Morgan fingerprint density at radius 2 is 1.59 bits per heavy atom. The van der Waals surface area contributed by atoms with Crippen molar-refractivity contribution in [2.24, 2.45) is 0 Å². The molecular weight excluding hydrogens is 475 g/mol. The quantitative estimate of drug-likeness (QED) is 0.252. The van der Waals surface area contributed by atoms with Gasteiger partial charge in [-0.2, -0.15) is 0 Å². The number of carbonyl (C=O) groups excluding carboxylic acids is 3. The van der Waals surface area contributed by atoms with Crippen LogP contribution in [0.1, 0.15) is 69.3 Å². The summed E-state index contributed by atoms with van der Waals surface area (Å²) >= 11 is 0. The summed E-state index contributed by atoms with van der Waals surface area (Å²) in [5.74, 6) is -2.38. The smallest absolute Gasteiger partial charge is 0.494 e. The number of ketones is 2. The minimum Gasteiger partial charge on any atom is -0.507 e. The molecule has 1 aliphatic heterocycles. The summed E-state index contributed by atoms with van der Waals surface area (Å²) in [6, 6.07) is 15.5. The van der Waals surface area contributed by atoms with E-state index in [-0.39, 0.29) is 52.0 Å². The predicted molar refractivity (Wildman–Crippen MR) is 132 cm³/mol. The molecule has 0 saturated carbocycles. The van der Waals surface area contributed by atoms with Crippen LogP contribution in [0.15, 0.2) is 54.6 Å². The van der Waals surface area contributed by atoms with Crippen molar-refractivity contribution >= 4 is 30.1 Å². The lowest BCUT2D eigenvalue weighted by atomic mass is 9.66. The van der Waals surface area contributed by atoms with Crippen molar-refractivity contribution < 1.29 is 38.6 Å². The molecule has 2 bridgehead atoms. The van der Waals surface area contributed by atoms with Gasteiger partial charge in [0.25, 0.3) is 0 Å². The van der Waals surface area contributed by atoms with E-state index in [1.165, 1.54) is 19.1 Å². The monoisotopic (exact) mass is 498 g/mol. The number of carbonyl (C=O) groups is 3. The molecule has 0 amide bonds. The summed E-state index contributed by atoms with van der Waals surface area (Å²) < 4.78 is 18.3. The molecule has 1 fully saturated rings. The lowest BCUT2D eigenvalue weighted by Crippen LogP contribution is -2.60. The highest BCUT2D eigenvalue weighted by Gasteiger charge is 2.56. The highest BCUT2D eigenvalue weighted by molar-refractivity contribution is 6.61. The second-order valence-electron chi connectivity index (χ2n) is 9.73. The molecule has 0 spiro atoms. The SMILES string of the molecule is CC(=O)O[C@@H](C)[C@]12Cc3c(O)c4c(c(O)c3[C@H](C1)OB(c1ccccc1)O2)C(=O)c1ccccc1C4=O. The molecule has 186 valence electrons. The van der Waals surface area contributed by atoms with Crippen LogP contribution in [0.25, 0.3) is 0 Å². The number of benzene rings is 3. The number of phenols is 2. The average molecular weight is 498 g/mol. The zero-order valence-electron chi connectivity index (χ0n) is 20.2. The van der Waals surface area contributed by atoms with Gasteiger partial charge in [-0.25, -0.2) is 0 Å². The van der Waals surface area contributed by atoms with E-state index < -0.39 is 48.2 Å². The Morgan fingerprint density at radius 1 is 1.00 bits per heavy atom. The number of hydrogen-bond donors (Lipinski definition) is 2. The van der Waals surface area contributed by atoms with Gasteiger partial charge in [0.2, 0.25) is 0 Å². The maximum atomic E-state index is 13.4. The van der Waals surface area contributed by atoms with E-state index in [1.807, 2.05) is 30.3 Å². The van der Waals surface area contributed by atoms with Crippen LogP contribution in [0.5, 0.6) is 11.5 Å². The van der Waals surface area contributed by atoms with Crippen molar-refractivity contribution in [3.8, 4) is 11.5 Å². The van der Waals surface area contributed by atoms with Crippen LogP contribution in [-0.2, 0) is 25.3 Å². The first-order chi connectivity index (χ1) is 17.7. The van der Waals surface area contributed by atoms with Crippen LogP contribution in [0.2, 0.25) is 0 Å². The summed E-state index contributed by atoms with van der Waals surface area (Å²) in [6.45, 7) is 3.01. The lowest BCUT2D eigenvalue weighted by molar-refractivity contribution is -0.171. The van der Waals surface area contributed by atoms with E-state index in [2.05, 4.69) is 0 Å². The molecule has 0 aromatic heterocycles. The molecule has 0 unspecified atom stereocenters. The van der Waals surface area contributed by atoms with E-state index in [0.29, 0.717) is 0 Å². The molecule has 1 heterocycles. The Balaban J connectivity index is 1.55. The molecule has 9 heteroatoms. The zero-order valence-corrected chi connectivity index (χ0v) is 20.2. The second kappa shape index (κ2) is 8.29. The molecule has 2 N–H and O–H groups in total. The third kappa shape index (κ3) is 3.42. The van der Waals surface area contributed by atoms with Gasteiger partial charge in [-0.15, -0.1) is 0 Å². The Hall–Kier alpha value is -3.95. The number of hydrogen-bond acceptors (Lipinski definition) is 8. The van der Waals surface area contributed by atoms with Crippen molar-refractivity contribution in [2.75, 3.05) is 0 Å². The molecule has 3 aromatic rings. The van der Waals surface area contributed by atoms with Crippen molar-refractivity contribution in [3.63, 3.8) is 0 Å². The predicted octanol–water partition coefficient (Wildman–Crippen LogP) is 2.99. The fourth-order valence-corrected chi connectivity index (χ4v) is 5.81. The average Bonchev–Trinajstić information content (AvgIpc) is 2.89. The molecule has 3 aliphatic rings. The first-order valence-corrected chi connectivity index (χ1v) is 12.1. The minimum atomic E-state index is -1.13. The zero-order chi connectivity index (χ0) is 26.1. The Kier molecular flexibility index (Phi) is 5.26. The Bertz CT molecular complexity index is 1480. The molecule has 3 atom stereocenters. The van der Waals surface area contributed by atoms with Crippen LogP contribution < -0.4 is 5.46 Å². The normalized spacial score (nSPS) is 22.5. The van der Waals surface area contributed by atoms with Gasteiger partial charge in [-0.3, -0.25) is 14.4 Å². The number of phenolic OH excluding ortho intramolecular Hbond substituents is 2. The van der Waals surface area contributed by atoms with Gasteiger partial charge < -0.3 is 24.3 Å². The fraction of sp³-hybridized carbons (Fsp3) is 0.250. The number of esters is 1. The van der Waals surface area contributed by atoms with E-state index in [1.54, 1.807) is 19.1 Å². The topological polar surface area (TPSA) is 119 Å². The summed E-state index contributed by atoms with van der Waals surface area (Å²) in [5, 5.41) is 22.9. The van der Waals surface area contributed by atoms with Crippen LogP contribution >= 0.6 is 0 Å². The standard InChI is InChI=1S/C28H23BO8/c1-14(35-15(2)30)28-12-19-21(20(13-28)36-29(37-28)16-8-4-3-5-9-16)27(34)23-22(26(19)33)24(31)17-10-6-7-11-18(17)25(23)32/h3-11,14,20,33-34H,12-13H2,1-2H3/t14-,20-,28-/m0/s1. The number of ether oxygens (including phenoxy) is 1. The van der Waals surface area contributed by atoms with Gasteiger partial charge in [0.15, 0.2) is 11.6 Å². The summed E-state index contributed by atoms with van der Waals surface area (Å²) in [5.41, 5.74) is -0.0766. The van der Waals surface area contributed by atoms with Crippen LogP contribution in [0, 0.1) is 0 Å². The minimum absolute atomic E-state index is 0.0236. The first-order valence-electron chi connectivity index (χ1n) is 12.1. The van der Waals surface area contributed by atoms with Gasteiger partial charge in [0.1, 0.15) is 17.6 Å². The molecule has 37 heavy (non-hydrogen) atoms. The Morgan fingerprint density at radius 3 is 2.22 bits per heavy atom.